The van der Waals surface area contributed by atoms with Crippen LogP contribution in [0, 0.1) is 0 Å². The molecule has 0 spiro atoms. The third-order valence-corrected chi connectivity index (χ3v) is 10.1. The number of amides is 2. The minimum absolute atomic E-state index is 0.0739. The monoisotopic (exact) mass is 815 g/mol. The van der Waals surface area contributed by atoms with Crippen LogP contribution < -0.4 is 27.0 Å². The molecule has 2 aliphatic heterocycles. The number of nitrogens with two attached hydrogens (primary N) is 2. The molecule has 20 nitrogen and oxygen atoms in total. The fraction of sp³-hybridized carbons (Fsp3) is 0.538. The summed E-state index contributed by atoms with van der Waals surface area (Å²) in [5.74, 6) is 1.11. The van der Waals surface area contributed by atoms with E-state index in [9.17, 15) is 9.59 Å². The van der Waals surface area contributed by atoms with E-state index in [1.165, 1.54) is 11.9 Å². The number of carbonyl (C=O) groups is 2. The maximum atomic E-state index is 12.7. The van der Waals surface area contributed by atoms with Crippen LogP contribution >= 0.6 is 0 Å². The van der Waals surface area contributed by atoms with Crippen LogP contribution in [0.4, 0.5) is 17.8 Å². The molecule has 316 valence electrons. The minimum atomic E-state index is -0.0739. The van der Waals surface area contributed by atoms with E-state index in [0.29, 0.717) is 119 Å². The third kappa shape index (κ3) is 11.4. The van der Waals surface area contributed by atoms with Crippen molar-refractivity contribution in [2.45, 2.75) is 45.2 Å². The Bertz CT molecular complexity index is 2150. The van der Waals surface area contributed by atoms with E-state index in [1.807, 2.05) is 27.9 Å². The van der Waals surface area contributed by atoms with Gasteiger partial charge in [-0.25, -0.2) is 24.6 Å². The van der Waals surface area contributed by atoms with Gasteiger partial charge in [0.25, 0.3) is 6.01 Å². The zero-order valence-corrected chi connectivity index (χ0v) is 33.3. The molecule has 0 radical (unpaired) electrons. The molecule has 0 aliphatic carbocycles. The number of oxazole rings is 1. The summed E-state index contributed by atoms with van der Waals surface area (Å²) in [6.45, 7) is 8.73. The molecule has 7 rings (SSSR count). The van der Waals surface area contributed by atoms with Gasteiger partial charge in [-0.2, -0.15) is 10.1 Å². The van der Waals surface area contributed by atoms with Crippen LogP contribution in [0.15, 0.2) is 35.1 Å². The molecule has 59 heavy (non-hydrogen) atoms. The number of piperazine rings is 1. The summed E-state index contributed by atoms with van der Waals surface area (Å²) < 4.78 is 29.5. The number of hydrogen-bond acceptors (Lipinski definition) is 17. The van der Waals surface area contributed by atoms with Crippen LogP contribution in [0.2, 0.25) is 0 Å². The van der Waals surface area contributed by atoms with Crippen LogP contribution in [0.25, 0.3) is 33.4 Å². The number of rotatable bonds is 22. The lowest BCUT2D eigenvalue weighted by Crippen LogP contribution is -2.49. The van der Waals surface area contributed by atoms with Crippen LogP contribution in [0.1, 0.15) is 36.9 Å². The van der Waals surface area contributed by atoms with E-state index < -0.39 is 0 Å². The molecular weight excluding hydrogens is 763 g/mol. The highest BCUT2D eigenvalue weighted by atomic mass is 16.6. The predicted molar refractivity (Wildman–Crippen MR) is 218 cm³/mol. The Kier molecular flexibility index (Phi) is 14.8. The molecule has 2 aliphatic rings. The van der Waals surface area contributed by atoms with Gasteiger partial charge in [-0.3, -0.25) is 9.59 Å². The Labute approximate surface area is 341 Å². The number of benzene rings is 1. The van der Waals surface area contributed by atoms with Gasteiger partial charge < -0.3 is 55.3 Å². The molecule has 2 amide bonds. The van der Waals surface area contributed by atoms with Crippen LogP contribution in [-0.4, -0.2) is 144 Å². The standard InChI is InChI=1S/C39H53N13O7/c40-36-34-35(27-3-4-31-30(23-27)47-38(41)59-31)49-52(37(34)46-26-45-36)10-2-1-8-43-32(53)6-15-55-17-19-57-21-22-58-20-18-56-16-7-33(54)50-11-13-51(14-12-50)39-44-25-28-24-42-9-5-29(28)48-39/h3-4,23,25-26,42H,1-2,5-22,24H2,(H2,41,47)(H,43,53)(H2,40,45,46). The number of aryl methyl sites for hydroxylation is 1. The third-order valence-electron chi connectivity index (χ3n) is 10.1. The van der Waals surface area contributed by atoms with Crippen LogP contribution in [-0.2, 0) is 48.0 Å². The Hall–Kier alpha value is -5.54. The van der Waals surface area contributed by atoms with Crippen molar-refractivity contribution in [2.75, 3.05) is 108 Å². The minimum Gasteiger partial charge on any atom is -0.424 e. The number of anilines is 3. The molecule has 6 heterocycles. The normalized spacial score (nSPS) is 14.3. The molecule has 4 aromatic heterocycles. The van der Waals surface area contributed by atoms with Crippen molar-refractivity contribution < 1.29 is 33.0 Å². The zero-order valence-electron chi connectivity index (χ0n) is 33.3. The summed E-state index contributed by atoms with van der Waals surface area (Å²) >= 11 is 0. The maximum absolute atomic E-state index is 12.7. The van der Waals surface area contributed by atoms with Gasteiger partial charge in [0.15, 0.2) is 11.2 Å². The molecule has 1 saturated heterocycles. The van der Waals surface area contributed by atoms with Crippen molar-refractivity contribution in [3.05, 3.63) is 42.0 Å². The van der Waals surface area contributed by atoms with Crippen molar-refractivity contribution in [1.82, 2.24) is 50.2 Å². The first-order chi connectivity index (χ1) is 28.9. The number of hydrogen-bond donors (Lipinski definition) is 4. The predicted octanol–water partition coefficient (Wildman–Crippen LogP) is 1.33. The summed E-state index contributed by atoms with van der Waals surface area (Å²) in [6, 6.07) is 5.60. The molecule has 1 aromatic carbocycles. The summed E-state index contributed by atoms with van der Waals surface area (Å²) in [5, 5.41) is 11.7. The summed E-state index contributed by atoms with van der Waals surface area (Å²) in [6.07, 6.45) is 6.37. The molecule has 5 aromatic rings. The van der Waals surface area contributed by atoms with E-state index >= 15 is 0 Å². The van der Waals surface area contributed by atoms with Gasteiger partial charge >= 0.3 is 0 Å². The van der Waals surface area contributed by atoms with Gasteiger partial charge in [0.1, 0.15) is 23.4 Å². The molecular formula is C39H53N13O7. The van der Waals surface area contributed by atoms with Gasteiger partial charge in [-0.05, 0) is 31.0 Å². The fourth-order valence-corrected chi connectivity index (χ4v) is 6.96. The highest BCUT2D eigenvalue weighted by molar-refractivity contribution is 5.99. The summed E-state index contributed by atoms with van der Waals surface area (Å²) in [7, 11) is 0. The average molecular weight is 816 g/mol. The van der Waals surface area contributed by atoms with E-state index in [1.54, 1.807) is 6.07 Å². The fourth-order valence-electron chi connectivity index (χ4n) is 6.96. The lowest BCUT2D eigenvalue weighted by Gasteiger charge is -2.35. The van der Waals surface area contributed by atoms with Crippen molar-refractivity contribution in [3.63, 3.8) is 0 Å². The number of nitrogens with zero attached hydrogens (tertiary/aromatic N) is 9. The van der Waals surface area contributed by atoms with Crippen LogP contribution in [0.3, 0.4) is 0 Å². The molecule has 0 bridgehead atoms. The van der Waals surface area contributed by atoms with Crippen molar-refractivity contribution >= 4 is 51.7 Å². The second-order valence-electron chi connectivity index (χ2n) is 14.2. The van der Waals surface area contributed by atoms with Gasteiger partial charge in [0.05, 0.1) is 70.4 Å². The summed E-state index contributed by atoms with van der Waals surface area (Å²) in [4.78, 5) is 51.1. The first-order valence-electron chi connectivity index (χ1n) is 20.2. The maximum Gasteiger partial charge on any atom is 0.292 e. The van der Waals surface area contributed by atoms with Gasteiger partial charge in [0.2, 0.25) is 17.8 Å². The van der Waals surface area contributed by atoms with Gasteiger partial charge in [-0.15, -0.1) is 0 Å². The lowest BCUT2D eigenvalue weighted by atomic mass is 10.1. The number of aromatic nitrogens is 7. The Morgan fingerprint density at radius 1 is 0.864 bits per heavy atom. The second-order valence-corrected chi connectivity index (χ2v) is 14.2. The first-order valence-corrected chi connectivity index (χ1v) is 20.2. The Morgan fingerprint density at radius 2 is 1.61 bits per heavy atom. The largest absolute Gasteiger partial charge is 0.424 e. The quantitative estimate of drug-likeness (QED) is 0.0720. The molecule has 6 N–H and O–H groups in total. The van der Waals surface area contributed by atoms with Crippen molar-refractivity contribution in [2.24, 2.45) is 0 Å². The number of ether oxygens (including phenoxy) is 4. The second kappa shape index (κ2) is 20.9. The van der Waals surface area contributed by atoms with E-state index in [4.69, 9.17) is 44.9 Å². The Balaban J connectivity index is 0.660. The highest BCUT2D eigenvalue weighted by Crippen LogP contribution is 2.32. The van der Waals surface area contributed by atoms with Gasteiger partial charge in [0, 0.05) is 82.5 Å². The average Bonchev–Trinajstić information content (AvgIpc) is 3.83. The number of fused-ring (bicyclic) bond motifs is 3. The molecule has 0 atom stereocenters. The number of nitrogens with one attached hydrogen (secondary N) is 2. The highest BCUT2D eigenvalue weighted by Gasteiger charge is 2.24. The smallest absolute Gasteiger partial charge is 0.292 e. The molecule has 1 fully saturated rings. The summed E-state index contributed by atoms with van der Waals surface area (Å²) in [5.41, 5.74) is 17.5. The van der Waals surface area contributed by atoms with Gasteiger partial charge in [-0.1, -0.05) is 0 Å². The van der Waals surface area contributed by atoms with E-state index in [-0.39, 0.29) is 24.2 Å². The van der Waals surface area contributed by atoms with Crippen LogP contribution in [0.5, 0.6) is 0 Å². The number of nitrogen functional groups attached to an aromatic ring is 2. The zero-order chi connectivity index (χ0) is 40.8. The van der Waals surface area contributed by atoms with E-state index in [2.05, 4.69) is 35.5 Å². The molecule has 20 heteroatoms. The van der Waals surface area contributed by atoms with Crippen molar-refractivity contribution in [1.29, 1.82) is 0 Å². The topological polar surface area (TPSA) is 249 Å². The first kappa shape index (κ1) is 41.6. The molecule has 0 saturated carbocycles. The Morgan fingerprint density at radius 3 is 2.39 bits per heavy atom. The number of unbranched alkanes of at least 4 members (excludes halogenated alkanes) is 1. The lowest BCUT2D eigenvalue weighted by molar-refractivity contribution is -0.132. The van der Waals surface area contributed by atoms with Crippen molar-refractivity contribution in [3.8, 4) is 11.3 Å². The molecule has 0 unspecified atom stereocenters. The SMILES string of the molecule is Nc1nc2cc(-c3nn(CCCCNC(=O)CCOCCOCCOCCOCCC(=O)N4CCN(c5ncc6c(n5)CCNC6)CC4)c4ncnc(N)c34)ccc2o1. The van der Waals surface area contributed by atoms with E-state index in [0.717, 1.165) is 62.6 Å². The number of carbonyl (C=O) groups excluding carboxylic acids is 2.